The molecule has 0 aliphatic rings. The first kappa shape index (κ1) is 14.4. The van der Waals surface area contributed by atoms with E-state index in [1.165, 1.54) is 0 Å². The van der Waals surface area contributed by atoms with Gasteiger partial charge < -0.3 is 15.5 Å². The molecule has 0 aromatic rings. The molecule has 0 saturated carbocycles. The van der Waals surface area contributed by atoms with Crippen LogP contribution in [-0.2, 0) is 4.79 Å². The highest BCUT2D eigenvalue weighted by atomic mass is 16.1. The van der Waals surface area contributed by atoms with Crippen molar-refractivity contribution in [3.8, 4) is 0 Å². The number of likely N-dealkylation sites (N-methyl/N-ethyl adjacent to an activating group) is 1. The van der Waals surface area contributed by atoms with Gasteiger partial charge in [0.2, 0.25) is 5.91 Å². The molecule has 4 nitrogen and oxygen atoms in total. The summed E-state index contributed by atoms with van der Waals surface area (Å²) < 4.78 is 0. The second-order valence-corrected chi connectivity index (χ2v) is 4.49. The van der Waals surface area contributed by atoms with Crippen LogP contribution in [0.5, 0.6) is 0 Å². The Kier molecular flexibility index (Phi) is 7.34. The van der Waals surface area contributed by atoms with Crippen molar-refractivity contribution in [1.82, 2.24) is 15.5 Å². The first-order valence-electron chi connectivity index (χ1n) is 5.60. The maximum atomic E-state index is 11.3. The van der Waals surface area contributed by atoms with E-state index in [2.05, 4.69) is 36.6 Å². The SMILES string of the molecule is CC(C)NC(=O)CCNCC(C)N(C)C. The van der Waals surface area contributed by atoms with Crippen LogP contribution >= 0.6 is 0 Å². The molecule has 1 unspecified atom stereocenters. The lowest BCUT2D eigenvalue weighted by Crippen LogP contribution is -2.37. The molecule has 0 aromatic heterocycles. The van der Waals surface area contributed by atoms with Crippen molar-refractivity contribution in [2.45, 2.75) is 39.3 Å². The Morgan fingerprint density at radius 2 is 1.87 bits per heavy atom. The fourth-order valence-electron chi connectivity index (χ4n) is 1.09. The second kappa shape index (κ2) is 7.65. The Morgan fingerprint density at radius 3 is 2.33 bits per heavy atom. The van der Waals surface area contributed by atoms with Gasteiger partial charge in [-0.3, -0.25) is 4.79 Å². The predicted octanol–water partition coefficient (Wildman–Crippen LogP) is 0.441. The first-order valence-corrected chi connectivity index (χ1v) is 5.60. The Labute approximate surface area is 93.4 Å². The van der Waals surface area contributed by atoms with Crippen LogP contribution in [0.1, 0.15) is 27.2 Å². The van der Waals surface area contributed by atoms with Gasteiger partial charge in [0.05, 0.1) is 0 Å². The molecule has 0 spiro atoms. The van der Waals surface area contributed by atoms with Gasteiger partial charge in [-0.15, -0.1) is 0 Å². The van der Waals surface area contributed by atoms with Crippen molar-refractivity contribution >= 4 is 5.91 Å². The lowest BCUT2D eigenvalue weighted by molar-refractivity contribution is -0.121. The summed E-state index contributed by atoms with van der Waals surface area (Å²) in [6.07, 6.45) is 0.554. The summed E-state index contributed by atoms with van der Waals surface area (Å²) in [6.45, 7) is 7.76. The van der Waals surface area contributed by atoms with Crippen molar-refractivity contribution in [3.63, 3.8) is 0 Å². The summed E-state index contributed by atoms with van der Waals surface area (Å²) in [6, 6.07) is 0.733. The van der Waals surface area contributed by atoms with E-state index in [0.717, 1.165) is 13.1 Å². The highest BCUT2D eigenvalue weighted by Crippen LogP contribution is 1.88. The standard InChI is InChI=1S/C11H25N3O/c1-9(2)13-11(15)6-7-12-8-10(3)14(4)5/h9-10,12H,6-8H2,1-5H3,(H,13,15). The molecule has 1 atom stereocenters. The summed E-state index contributed by atoms with van der Waals surface area (Å²) >= 11 is 0. The van der Waals surface area contributed by atoms with E-state index in [4.69, 9.17) is 0 Å². The summed E-state index contributed by atoms with van der Waals surface area (Å²) in [5, 5.41) is 6.13. The molecule has 90 valence electrons. The van der Waals surface area contributed by atoms with Gasteiger partial charge in [-0.2, -0.15) is 0 Å². The Morgan fingerprint density at radius 1 is 1.27 bits per heavy atom. The topological polar surface area (TPSA) is 44.4 Å². The van der Waals surface area contributed by atoms with Gasteiger partial charge >= 0.3 is 0 Å². The maximum Gasteiger partial charge on any atom is 0.221 e. The number of hydrogen-bond donors (Lipinski definition) is 2. The van der Waals surface area contributed by atoms with E-state index in [-0.39, 0.29) is 11.9 Å². The van der Waals surface area contributed by atoms with Crippen molar-refractivity contribution in [2.75, 3.05) is 27.2 Å². The smallest absolute Gasteiger partial charge is 0.221 e. The minimum atomic E-state index is 0.120. The van der Waals surface area contributed by atoms with Gasteiger partial charge in [-0.1, -0.05) is 0 Å². The van der Waals surface area contributed by atoms with Crippen molar-refractivity contribution in [1.29, 1.82) is 0 Å². The zero-order chi connectivity index (χ0) is 11.8. The molecule has 0 fully saturated rings. The third-order valence-corrected chi connectivity index (χ3v) is 2.30. The molecule has 1 amide bonds. The van der Waals surface area contributed by atoms with Crippen molar-refractivity contribution < 1.29 is 4.79 Å². The van der Waals surface area contributed by atoms with E-state index in [1.54, 1.807) is 0 Å². The third-order valence-electron chi connectivity index (χ3n) is 2.30. The van der Waals surface area contributed by atoms with Crippen LogP contribution in [0.15, 0.2) is 0 Å². The first-order chi connectivity index (χ1) is 6.93. The van der Waals surface area contributed by atoms with Gasteiger partial charge in [0, 0.05) is 31.6 Å². The molecule has 4 heteroatoms. The fraction of sp³-hybridized carbons (Fsp3) is 0.909. The third kappa shape index (κ3) is 8.39. The Balaban J connectivity index is 3.42. The van der Waals surface area contributed by atoms with Crippen LogP contribution in [0.3, 0.4) is 0 Å². The number of nitrogens with one attached hydrogen (secondary N) is 2. The number of carbonyl (C=O) groups is 1. The molecule has 0 aliphatic heterocycles. The highest BCUT2D eigenvalue weighted by molar-refractivity contribution is 5.76. The minimum Gasteiger partial charge on any atom is -0.354 e. The lowest BCUT2D eigenvalue weighted by Gasteiger charge is -2.20. The van der Waals surface area contributed by atoms with Crippen molar-refractivity contribution in [3.05, 3.63) is 0 Å². The maximum absolute atomic E-state index is 11.3. The highest BCUT2D eigenvalue weighted by Gasteiger charge is 2.05. The van der Waals surface area contributed by atoms with E-state index in [9.17, 15) is 4.79 Å². The quantitative estimate of drug-likeness (QED) is 0.606. The summed E-state index contributed by atoms with van der Waals surface area (Å²) in [5.41, 5.74) is 0. The lowest BCUT2D eigenvalue weighted by atomic mass is 10.3. The number of rotatable bonds is 7. The molecular formula is C11H25N3O. The van der Waals surface area contributed by atoms with Crippen LogP contribution < -0.4 is 10.6 Å². The molecule has 0 rings (SSSR count). The zero-order valence-electron chi connectivity index (χ0n) is 10.6. The number of amides is 1. The van der Waals surface area contributed by atoms with E-state index >= 15 is 0 Å². The minimum absolute atomic E-state index is 0.120. The summed E-state index contributed by atoms with van der Waals surface area (Å²) in [7, 11) is 4.11. The average molecular weight is 215 g/mol. The number of carbonyl (C=O) groups excluding carboxylic acids is 1. The largest absolute Gasteiger partial charge is 0.354 e. The number of nitrogens with zero attached hydrogens (tertiary/aromatic N) is 1. The zero-order valence-corrected chi connectivity index (χ0v) is 10.6. The van der Waals surface area contributed by atoms with Gasteiger partial charge in [0.1, 0.15) is 0 Å². The summed E-state index contributed by atoms with van der Waals surface area (Å²) in [5.74, 6) is 0.120. The molecule has 0 heterocycles. The van der Waals surface area contributed by atoms with E-state index < -0.39 is 0 Å². The van der Waals surface area contributed by atoms with Gasteiger partial charge in [0.15, 0.2) is 0 Å². The van der Waals surface area contributed by atoms with Crippen LogP contribution in [0, 0.1) is 0 Å². The Bertz CT molecular complexity index is 181. The Hall–Kier alpha value is -0.610. The average Bonchev–Trinajstić information content (AvgIpc) is 2.10. The van der Waals surface area contributed by atoms with E-state index in [0.29, 0.717) is 12.5 Å². The van der Waals surface area contributed by atoms with Crippen molar-refractivity contribution in [2.24, 2.45) is 0 Å². The molecule has 0 radical (unpaired) electrons. The predicted molar refractivity (Wildman–Crippen MR) is 63.9 cm³/mol. The van der Waals surface area contributed by atoms with E-state index in [1.807, 2.05) is 13.8 Å². The fourth-order valence-corrected chi connectivity index (χ4v) is 1.09. The van der Waals surface area contributed by atoms with Gasteiger partial charge in [0.25, 0.3) is 0 Å². The van der Waals surface area contributed by atoms with Crippen LogP contribution in [0.2, 0.25) is 0 Å². The second-order valence-electron chi connectivity index (χ2n) is 4.49. The molecular weight excluding hydrogens is 190 g/mol. The van der Waals surface area contributed by atoms with Gasteiger partial charge in [-0.25, -0.2) is 0 Å². The molecule has 0 aromatic carbocycles. The van der Waals surface area contributed by atoms with Crippen LogP contribution in [0.25, 0.3) is 0 Å². The van der Waals surface area contributed by atoms with Gasteiger partial charge in [-0.05, 0) is 34.9 Å². The monoisotopic (exact) mass is 215 g/mol. The van der Waals surface area contributed by atoms with Crippen LogP contribution in [0.4, 0.5) is 0 Å². The normalized spacial score (nSPS) is 13.3. The molecule has 0 bridgehead atoms. The molecule has 0 aliphatic carbocycles. The van der Waals surface area contributed by atoms with Crippen LogP contribution in [-0.4, -0.2) is 50.1 Å². The summed E-state index contributed by atoms with van der Waals surface area (Å²) in [4.78, 5) is 13.4. The molecule has 0 saturated heterocycles. The number of hydrogen-bond acceptors (Lipinski definition) is 3. The molecule has 2 N–H and O–H groups in total. The molecule has 15 heavy (non-hydrogen) atoms.